The van der Waals surface area contributed by atoms with E-state index in [2.05, 4.69) is 119 Å². The van der Waals surface area contributed by atoms with Gasteiger partial charge in [0.05, 0.1) is 36.3 Å². The number of nitrogens with zero attached hydrogens (tertiary/aromatic N) is 6. The number of urea groups is 3. The van der Waals surface area contributed by atoms with Crippen LogP contribution in [0, 0.1) is 85.2 Å². The Kier molecular flexibility index (Phi) is 40.4. The Hall–Kier alpha value is -10.1. The summed E-state index contributed by atoms with van der Waals surface area (Å²) in [4.78, 5) is 252. The standard InChI is InChI=1S/C38H62N6O6.C37H60N6O6.C35H58N6O6/c1-8-10-18-26(31(46)34(48)39-20-9-2)40-33(47)30-29-25(38(29,6)7)22-44(30)35(49)32(37(3,4)5)42-36(50)41-27(24-16-12-11-13-17-24)23-43-21-15-14-19-28(43)45;1-8-15-25(30(45)33(47)38-19-9-2)39-32(46)29-28-24(37(28,6)7)21-43(29)34(48)31(36(3,4)5)41-35(49)40-26(23-16-11-10-12-17-23)22-42-20-14-13-18-27(42)44;1-10-13-22(27(43)30(45)36-20-15-16-20)37-29(44)26-25-21(35(25,8)9)18-41(26)31(46)28(34(5,6)7)39-32(47)38-23(33(2,3)4)19-40-17-12-11-14-24(40)42/h9,24-27,29-30,32H,2,8,10-23H2,1,3-7H3,(H,39,48)(H,40,47)(H2,41,42,50);9,23-26,28-29,31H,2,8,10-22H2,1,3-7H3,(H,38,47)(H,39,46)(H2,40,41,49);20-23,25-26,28H,10-19H2,1-9H3,(H,36,45)(H,37,44)(H2,38,39,47)/t25-,26?,27+,29-,30-,32+;24-,25?,26+,28-,29-,31+;21-,22?,23+,25-,26-,28+/m000/s1. The van der Waals surface area contributed by atoms with Gasteiger partial charge in [0, 0.05) is 97.3 Å². The maximum Gasteiger partial charge on any atom is 0.315 e. The summed E-state index contributed by atoms with van der Waals surface area (Å²) in [5.74, 6) is -6.03. The summed E-state index contributed by atoms with van der Waals surface area (Å²) in [7, 11) is 0. The minimum atomic E-state index is -1.02. The molecule has 36 heteroatoms. The molecule has 6 heterocycles. The van der Waals surface area contributed by atoms with E-state index in [9.17, 15) is 86.3 Å². The number of hydrogen-bond donors (Lipinski definition) is 12. The van der Waals surface area contributed by atoms with Gasteiger partial charge in [0.25, 0.3) is 17.7 Å². The van der Waals surface area contributed by atoms with Crippen molar-refractivity contribution in [3.05, 3.63) is 25.3 Å². The molecule has 12 rings (SSSR count). The first-order valence-electron chi connectivity index (χ1n) is 55.1. The SMILES string of the molecule is C=CCNC(=O)C(=O)C(CCC)NC(=O)[C@@H]1[C@@H]2[C@H](CN1C(=O)[C@@H](NC(=O)N[C@H](CN1CCCCC1=O)C1CCCCC1)C(C)(C)C)C2(C)C.C=CCNC(=O)C(=O)C(CCCC)NC(=O)[C@@H]1[C@@H]2[C@H](CN1C(=O)[C@@H](NC(=O)N[C@H](CN1CCCCC1=O)C1CCCCC1)C(C)(C)C)C2(C)C.CCCC(NC(=O)[C@@H]1[C@@H]2[C@H](CN1C(=O)[C@@H](NC(=O)N[C@H](CN1CCCCC1=O)C(C)(C)C)C(C)(C)C)C2(C)C)C(=O)C(=O)NC1CC1. The zero-order valence-corrected chi connectivity index (χ0v) is 91.8. The van der Waals surface area contributed by atoms with E-state index in [1.807, 2.05) is 114 Å². The molecular weight excluding hydrogens is 1860 g/mol. The van der Waals surface area contributed by atoms with Gasteiger partial charge in [0.2, 0.25) is 70.5 Å². The van der Waals surface area contributed by atoms with Crippen molar-refractivity contribution in [3.63, 3.8) is 0 Å². The second kappa shape index (κ2) is 50.0. The van der Waals surface area contributed by atoms with Crippen molar-refractivity contribution in [1.29, 1.82) is 0 Å². The molecule has 12 N–H and O–H groups in total. The van der Waals surface area contributed by atoms with E-state index in [-0.39, 0.29) is 148 Å². The highest BCUT2D eigenvalue weighted by molar-refractivity contribution is 6.39. The van der Waals surface area contributed by atoms with Crippen LogP contribution in [0.15, 0.2) is 25.3 Å². The number of rotatable bonds is 41. The predicted octanol–water partition coefficient (Wildman–Crippen LogP) is 9.73. The molecule has 36 nitrogen and oxygen atoms in total. The molecule has 0 bridgehead atoms. The highest BCUT2D eigenvalue weighted by Gasteiger charge is 2.73. The lowest BCUT2D eigenvalue weighted by Crippen LogP contribution is -2.63. The van der Waals surface area contributed by atoms with Crippen molar-refractivity contribution in [2.45, 2.75) is 404 Å². The highest BCUT2D eigenvalue weighted by atomic mass is 16.2. The molecule has 18 amide bonds. The molecule has 6 aliphatic carbocycles. The number of likely N-dealkylation sites (tertiary alicyclic amines) is 6. The fraction of sp³-hybridized carbons (Fsp3) is 0.800. The Bertz CT molecular complexity index is 4720. The fourth-order valence-corrected chi connectivity index (χ4v) is 24.0. The molecule has 3 unspecified atom stereocenters. The van der Waals surface area contributed by atoms with E-state index in [0.29, 0.717) is 110 Å². The van der Waals surface area contributed by atoms with Gasteiger partial charge in [-0.15, -0.1) is 13.2 Å². The molecule has 818 valence electrons. The van der Waals surface area contributed by atoms with Gasteiger partial charge in [-0.05, 0) is 182 Å². The summed E-state index contributed by atoms with van der Waals surface area (Å²) in [6.45, 7) is 52.9. The summed E-state index contributed by atoms with van der Waals surface area (Å²) >= 11 is 0. The Morgan fingerprint density at radius 3 is 0.959 bits per heavy atom. The maximum absolute atomic E-state index is 14.5. The predicted molar refractivity (Wildman–Crippen MR) is 557 cm³/mol. The smallest absolute Gasteiger partial charge is 0.315 e. The number of carbonyl (C=O) groups is 18. The summed E-state index contributed by atoms with van der Waals surface area (Å²) < 4.78 is 0. The van der Waals surface area contributed by atoms with Gasteiger partial charge in [-0.3, -0.25) is 71.9 Å². The summed E-state index contributed by atoms with van der Waals surface area (Å²) in [6.07, 6.45) is 25.8. The third-order valence-corrected chi connectivity index (χ3v) is 33.7. The van der Waals surface area contributed by atoms with Crippen molar-refractivity contribution in [2.24, 2.45) is 85.2 Å². The minimum Gasteiger partial charge on any atom is -0.347 e. The molecule has 18 atom stereocenters. The molecule has 146 heavy (non-hydrogen) atoms. The molecule has 6 aliphatic heterocycles. The molecule has 0 radical (unpaired) electrons. The first kappa shape index (κ1) is 118. The molecule has 0 aromatic rings. The van der Waals surface area contributed by atoms with Crippen LogP contribution >= 0.6 is 0 Å². The van der Waals surface area contributed by atoms with Gasteiger partial charge in [-0.25, -0.2) is 14.4 Å². The van der Waals surface area contributed by atoms with E-state index >= 15 is 0 Å². The molecule has 0 aromatic carbocycles. The number of fused-ring (bicyclic) bond motifs is 3. The fourth-order valence-electron chi connectivity index (χ4n) is 24.0. The van der Waals surface area contributed by atoms with Crippen LogP contribution in [0.4, 0.5) is 14.4 Å². The molecule has 6 saturated carbocycles. The number of ketones is 3. The monoisotopic (exact) mass is 2040 g/mol. The van der Waals surface area contributed by atoms with E-state index in [4.69, 9.17) is 0 Å². The van der Waals surface area contributed by atoms with E-state index < -0.39 is 142 Å². The number of hydrogen-bond acceptors (Lipinski definition) is 18. The second-order valence-electron chi connectivity index (χ2n) is 50.0. The van der Waals surface area contributed by atoms with Crippen LogP contribution in [0.5, 0.6) is 0 Å². The summed E-state index contributed by atoms with van der Waals surface area (Å²) in [5, 5.41) is 34.5. The lowest BCUT2D eigenvalue weighted by atomic mass is 9.83. The number of Topliss-reactive ketones (excluding diaryl/α,β-unsaturated/α-hetero) is 3. The zero-order valence-electron chi connectivity index (χ0n) is 91.8. The zero-order chi connectivity index (χ0) is 108. The number of piperidine rings is 6. The lowest BCUT2D eigenvalue weighted by Gasteiger charge is -2.40. The first-order chi connectivity index (χ1) is 68.5. The molecule has 0 aromatic heterocycles. The Balaban J connectivity index is 0.000000224. The van der Waals surface area contributed by atoms with Crippen LogP contribution in [0.25, 0.3) is 0 Å². The van der Waals surface area contributed by atoms with Crippen molar-refractivity contribution in [1.82, 2.24) is 93.2 Å². The number of carbonyl (C=O) groups excluding carboxylic acids is 18. The van der Waals surface area contributed by atoms with Crippen LogP contribution < -0.4 is 63.8 Å². The van der Waals surface area contributed by atoms with Crippen LogP contribution in [0.1, 0.15) is 325 Å². The quantitative estimate of drug-likeness (QED) is 0.0200. The minimum absolute atomic E-state index is 0.0189. The van der Waals surface area contributed by atoms with E-state index in [1.165, 1.54) is 12.2 Å². The number of nitrogens with one attached hydrogen (secondary N) is 12. The normalized spacial score (nSPS) is 25.3. The van der Waals surface area contributed by atoms with Crippen molar-refractivity contribution >= 4 is 106 Å². The Morgan fingerprint density at radius 1 is 0.363 bits per heavy atom. The Morgan fingerprint density at radius 2 is 0.671 bits per heavy atom. The number of unbranched alkanes of at least 4 members (excludes halogenated alkanes) is 1. The largest absolute Gasteiger partial charge is 0.347 e. The van der Waals surface area contributed by atoms with Gasteiger partial charge in [-0.2, -0.15) is 0 Å². The first-order valence-corrected chi connectivity index (χ1v) is 55.1. The molecular formula is C110H180N18O18. The van der Waals surface area contributed by atoms with E-state index in [0.717, 1.165) is 122 Å². The van der Waals surface area contributed by atoms with Crippen LogP contribution in [0.3, 0.4) is 0 Å². The second-order valence-corrected chi connectivity index (χ2v) is 50.0. The van der Waals surface area contributed by atoms with Crippen LogP contribution in [-0.2, 0) is 71.9 Å². The lowest BCUT2D eigenvalue weighted by molar-refractivity contribution is -0.145. The van der Waals surface area contributed by atoms with Crippen LogP contribution in [0.2, 0.25) is 0 Å². The van der Waals surface area contributed by atoms with Gasteiger partial charge >= 0.3 is 18.1 Å². The highest BCUT2D eigenvalue weighted by Crippen LogP contribution is 2.67. The molecule has 6 saturated heterocycles. The van der Waals surface area contributed by atoms with Crippen molar-refractivity contribution in [2.75, 3.05) is 72.0 Å². The third-order valence-electron chi connectivity index (χ3n) is 33.7. The third kappa shape index (κ3) is 29.8. The van der Waals surface area contributed by atoms with Gasteiger partial charge in [0.15, 0.2) is 0 Å². The maximum atomic E-state index is 14.5. The van der Waals surface area contributed by atoms with Crippen molar-refractivity contribution in [3.8, 4) is 0 Å². The average Bonchev–Trinajstić information content (AvgIpc) is 1.53. The molecule has 0 spiro atoms. The molecule has 12 aliphatic rings. The summed E-state index contributed by atoms with van der Waals surface area (Å²) in [5.41, 5.74) is -2.95. The molecule has 12 fully saturated rings. The van der Waals surface area contributed by atoms with Gasteiger partial charge in [0.1, 0.15) is 36.3 Å². The van der Waals surface area contributed by atoms with Crippen molar-refractivity contribution < 1.29 is 86.3 Å². The van der Waals surface area contributed by atoms with Gasteiger partial charge in [-0.1, -0.05) is 222 Å². The van der Waals surface area contributed by atoms with Crippen LogP contribution in [-0.4, -0.2) is 286 Å². The average molecular weight is 2040 g/mol. The van der Waals surface area contributed by atoms with E-state index in [1.54, 1.807) is 19.6 Å². The topological polar surface area (TPSA) is 471 Å². The number of amides is 18. The van der Waals surface area contributed by atoms with Gasteiger partial charge < -0.3 is 93.2 Å². The summed E-state index contributed by atoms with van der Waals surface area (Å²) in [6, 6.07) is -10.6. The Labute approximate surface area is 867 Å².